The molecule has 0 aromatic heterocycles. The lowest BCUT2D eigenvalue weighted by atomic mass is 9.96. The zero-order valence-corrected chi connectivity index (χ0v) is 14.1. The fourth-order valence-corrected chi connectivity index (χ4v) is 2.63. The molecule has 1 aromatic carbocycles. The number of likely N-dealkylation sites (tertiary alicyclic amines) is 1. The summed E-state index contributed by atoms with van der Waals surface area (Å²) in [5.74, 6) is -0.0648. The molecule has 1 saturated heterocycles. The molecule has 22 heavy (non-hydrogen) atoms. The molecular formula is C19H28N2O. The van der Waals surface area contributed by atoms with E-state index in [2.05, 4.69) is 43.1 Å². The van der Waals surface area contributed by atoms with E-state index in [4.69, 9.17) is 0 Å². The van der Waals surface area contributed by atoms with Crippen molar-refractivity contribution in [1.29, 1.82) is 0 Å². The molecule has 1 aliphatic rings. The minimum Gasteiger partial charge on any atom is -0.323 e. The molecule has 1 fully saturated rings. The number of carbonyl (C=O) groups excluding carboxylic acids is 1. The Morgan fingerprint density at radius 2 is 1.95 bits per heavy atom. The van der Waals surface area contributed by atoms with E-state index in [9.17, 15) is 4.79 Å². The third kappa shape index (κ3) is 6.02. The number of benzene rings is 1. The minimum absolute atomic E-state index is 0.0213. The van der Waals surface area contributed by atoms with Gasteiger partial charge >= 0.3 is 0 Å². The number of amides is 1. The maximum atomic E-state index is 12.0. The van der Waals surface area contributed by atoms with E-state index in [1.54, 1.807) is 6.08 Å². The molecule has 1 amide bonds. The van der Waals surface area contributed by atoms with Gasteiger partial charge in [-0.15, -0.1) is 0 Å². The zero-order valence-electron chi connectivity index (χ0n) is 14.1. The molecule has 0 atom stereocenters. The van der Waals surface area contributed by atoms with Crippen molar-refractivity contribution < 1.29 is 4.79 Å². The third-order valence-corrected chi connectivity index (χ3v) is 3.78. The first-order valence-corrected chi connectivity index (χ1v) is 8.24. The van der Waals surface area contributed by atoms with Crippen molar-refractivity contribution in [1.82, 2.24) is 4.90 Å². The Hall–Kier alpha value is -1.61. The van der Waals surface area contributed by atoms with Crippen molar-refractivity contribution in [2.75, 3.05) is 18.4 Å². The molecule has 0 saturated carbocycles. The molecule has 3 heteroatoms. The predicted molar refractivity (Wildman–Crippen MR) is 92.8 cm³/mol. The first-order chi connectivity index (χ1) is 10.4. The molecule has 0 aliphatic carbocycles. The summed E-state index contributed by atoms with van der Waals surface area (Å²) in [6.07, 6.45) is 7.51. The molecule has 1 aliphatic heterocycles. The Bertz CT molecular complexity index is 522. The Labute approximate surface area is 134 Å². The topological polar surface area (TPSA) is 32.3 Å². The number of hydrogen-bond acceptors (Lipinski definition) is 2. The molecule has 1 heterocycles. The molecule has 3 nitrogen and oxygen atoms in total. The molecule has 0 bridgehead atoms. The van der Waals surface area contributed by atoms with E-state index in [1.807, 2.05) is 18.2 Å². The summed E-state index contributed by atoms with van der Waals surface area (Å²) in [5, 5.41) is 2.95. The van der Waals surface area contributed by atoms with E-state index >= 15 is 0 Å². The fraction of sp³-hybridized carbons (Fsp3) is 0.526. The van der Waals surface area contributed by atoms with E-state index in [0.29, 0.717) is 0 Å². The molecule has 0 spiro atoms. The normalized spacial score (nSPS) is 16.9. The average molecular weight is 300 g/mol. The van der Waals surface area contributed by atoms with Crippen molar-refractivity contribution in [2.24, 2.45) is 5.41 Å². The van der Waals surface area contributed by atoms with Crippen molar-refractivity contribution in [3.8, 4) is 0 Å². The Morgan fingerprint density at radius 3 is 2.64 bits per heavy atom. The minimum atomic E-state index is -0.0648. The second-order valence-corrected chi connectivity index (χ2v) is 7.23. The summed E-state index contributed by atoms with van der Waals surface area (Å²) in [7, 11) is 0. The van der Waals surface area contributed by atoms with E-state index < -0.39 is 0 Å². The number of piperidine rings is 1. The van der Waals surface area contributed by atoms with Crippen molar-refractivity contribution in [2.45, 2.75) is 46.6 Å². The highest BCUT2D eigenvalue weighted by atomic mass is 16.1. The largest absolute Gasteiger partial charge is 0.323 e. The van der Waals surface area contributed by atoms with Crippen LogP contribution in [0.3, 0.4) is 0 Å². The summed E-state index contributed by atoms with van der Waals surface area (Å²) in [4.78, 5) is 14.4. The Morgan fingerprint density at radius 1 is 1.23 bits per heavy atom. The van der Waals surface area contributed by atoms with Gasteiger partial charge in [-0.2, -0.15) is 0 Å². The summed E-state index contributed by atoms with van der Waals surface area (Å²) < 4.78 is 0. The van der Waals surface area contributed by atoms with Crippen molar-refractivity contribution in [3.63, 3.8) is 0 Å². The van der Waals surface area contributed by atoms with Crippen LogP contribution in [-0.4, -0.2) is 23.9 Å². The van der Waals surface area contributed by atoms with Crippen molar-refractivity contribution >= 4 is 11.6 Å². The van der Waals surface area contributed by atoms with Gasteiger partial charge in [-0.1, -0.05) is 45.4 Å². The Balaban J connectivity index is 1.93. The quantitative estimate of drug-likeness (QED) is 0.845. The van der Waals surface area contributed by atoms with Gasteiger partial charge in [-0.05, 0) is 55.1 Å². The highest BCUT2D eigenvalue weighted by Crippen LogP contribution is 2.17. The van der Waals surface area contributed by atoms with Gasteiger partial charge in [-0.25, -0.2) is 0 Å². The summed E-state index contributed by atoms with van der Waals surface area (Å²) in [5.41, 5.74) is 2.16. The highest BCUT2D eigenvalue weighted by Gasteiger charge is 2.11. The summed E-state index contributed by atoms with van der Waals surface area (Å²) in [6.45, 7) is 9.58. The van der Waals surface area contributed by atoms with Crippen LogP contribution in [0, 0.1) is 5.41 Å². The maximum Gasteiger partial charge on any atom is 0.248 e. The third-order valence-electron chi connectivity index (χ3n) is 3.78. The van der Waals surface area contributed by atoms with E-state index in [1.165, 1.54) is 37.9 Å². The second kappa shape index (κ2) is 7.59. The number of allylic oxidation sites excluding steroid dienone is 1. The highest BCUT2D eigenvalue weighted by molar-refractivity contribution is 5.99. The van der Waals surface area contributed by atoms with E-state index in [0.717, 1.165) is 12.2 Å². The lowest BCUT2D eigenvalue weighted by molar-refractivity contribution is -0.112. The van der Waals surface area contributed by atoms with Crippen LogP contribution >= 0.6 is 0 Å². The summed E-state index contributed by atoms with van der Waals surface area (Å²) >= 11 is 0. The fourth-order valence-electron chi connectivity index (χ4n) is 2.63. The SMILES string of the molecule is CC(C)(C)/C=C/C(=O)Nc1cccc(CN2CCCCC2)c1. The van der Waals surface area contributed by atoms with Gasteiger partial charge in [0.25, 0.3) is 0 Å². The van der Waals surface area contributed by atoms with Crippen LogP contribution in [0.25, 0.3) is 0 Å². The first-order valence-electron chi connectivity index (χ1n) is 8.24. The first kappa shape index (κ1) is 16.8. The van der Waals surface area contributed by atoms with Crippen LogP contribution in [0.4, 0.5) is 5.69 Å². The van der Waals surface area contributed by atoms with Gasteiger partial charge in [-0.3, -0.25) is 9.69 Å². The smallest absolute Gasteiger partial charge is 0.248 e. The Kier molecular flexibility index (Phi) is 5.78. The zero-order chi connectivity index (χ0) is 16.0. The number of nitrogens with one attached hydrogen (secondary N) is 1. The maximum absolute atomic E-state index is 12.0. The van der Waals surface area contributed by atoms with Gasteiger partial charge in [0.05, 0.1) is 0 Å². The number of anilines is 1. The van der Waals surface area contributed by atoms with Gasteiger partial charge < -0.3 is 5.32 Å². The van der Waals surface area contributed by atoms with Crippen LogP contribution in [-0.2, 0) is 11.3 Å². The number of nitrogens with zero attached hydrogens (tertiary/aromatic N) is 1. The molecule has 0 radical (unpaired) electrons. The van der Waals surface area contributed by atoms with Crippen molar-refractivity contribution in [3.05, 3.63) is 42.0 Å². The van der Waals surface area contributed by atoms with Crippen LogP contribution < -0.4 is 5.32 Å². The standard InChI is InChI=1S/C19H28N2O/c1-19(2,3)11-10-18(22)20-17-9-7-8-16(14-17)15-21-12-5-4-6-13-21/h7-11,14H,4-6,12-13,15H2,1-3H3,(H,20,22)/b11-10+. The van der Waals surface area contributed by atoms with Gasteiger partial charge in [0.2, 0.25) is 5.91 Å². The van der Waals surface area contributed by atoms with Crippen LogP contribution in [0.5, 0.6) is 0 Å². The molecular weight excluding hydrogens is 272 g/mol. The molecule has 1 aromatic rings. The molecule has 2 rings (SSSR count). The molecule has 1 N–H and O–H groups in total. The molecule has 120 valence electrons. The van der Waals surface area contributed by atoms with Gasteiger partial charge in [0.1, 0.15) is 0 Å². The summed E-state index contributed by atoms with van der Waals surface area (Å²) in [6, 6.07) is 8.18. The lowest BCUT2D eigenvalue weighted by Gasteiger charge is -2.26. The molecule has 0 unspecified atom stereocenters. The van der Waals surface area contributed by atoms with Crippen LogP contribution in [0.1, 0.15) is 45.6 Å². The predicted octanol–water partition coefficient (Wildman–Crippen LogP) is 4.21. The average Bonchev–Trinajstić information content (AvgIpc) is 2.46. The lowest BCUT2D eigenvalue weighted by Crippen LogP contribution is -2.29. The van der Waals surface area contributed by atoms with E-state index in [-0.39, 0.29) is 11.3 Å². The van der Waals surface area contributed by atoms with Gasteiger partial charge in [0.15, 0.2) is 0 Å². The number of hydrogen-bond donors (Lipinski definition) is 1. The second-order valence-electron chi connectivity index (χ2n) is 7.23. The number of rotatable bonds is 4. The van der Waals surface area contributed by atoms with Crippen LogP contribution in [0.2, 0.25) is 0 Å². The van der Waals surface area contributed by atoms with Gasteiger partial charge in [0, 0.05) is 12.2 Å². The van der Waals surface area contributed by atoms with Crippen LogP contribution in [0.15, 0.2) is 36.4 Å². The monoisotopic (exact) mass is 300 g/mol. The number of carbonyl (C=O) groups is 1.